The van der Waals surface area contributed by atoms with Gasteiger partial charge in [0.25, 0.3) is 5.91 Å². The summed E-state index contributed by atoms with van der Waals surface area (Å²) in [5.74, 6) is 2.27. The number of nitrogens with one attached hydrogen (secondary N) is 1. The van der Waals surface area contributed by atoms with Gasteiger partial charge in [0.1, 0.15) is 0 Å². The highest BCUT2D eigenvalue weighted by molar-refractivity contribution is 6.05. The van der Waals surface area contributed by atoms with Crippen molar-refractivity contribution in [1.29, 1.82) is 0 Å². The number of rotatable bonds is 3. The van der Waals surface area contributed by atoms with Crippen molar-refractivity contribution in [2.45, 2.75) is 19.1 Å². The molecule has 1 atom stereocenters. The molecule has 2 aromatic carbocycles. The molecule has 2 heterocycles. The molecule has 0 radical (unpaired) electrons. The van der Waals surface area contributed by atoms with E-state index in [0.717, 1.165) is 17.0 Å². The van der Waals surface area contributed by atoms with Gasteiger partial charge >= 0.3 is 12.2 Å². The van der Waals surface area contributed by atoms with Crippen molar-refractivity contribution < 1.29 is 22.8 Å². The standard InChI is InChI=1S/C26H25F3N4O2/c1-4-18-8-10-19(11-9-18)23-22(24(34)32-14-12-31(3)13-15-32)17(2)33(25(35)30-23)21-7-5-6-20(16-21)26(27,28)29/h1,5-11,16,23H,12-15H2,2-3H3,(H,30,35)/t23-/m1/s1. The summed E-state index contributed by atoms with van der Waals surface area (Å²) in [7, 11) is 1.97. The third kappa shape index (κ3) is 4.88. The summed E-state index contributed by atoms with van der Waals surface area (Å²) in [6.45, 7) is 4.00. The number of allylic oxidation sites excluding steroid dienone is 1. The van der Waals surface area contributed by atoms with Crippen molar-refractivity contribution in [1.82, 2.24) is 15.1 Å². The Balaban J connectivity index is 1.81. The van der Waals surface area contributed by atoms with Crippen LogP contribution in [-0.4, -0.2) is 55.0 Å². The minimum Gasteiger partial charge on any atom is -0.336 e. The van der Waals surface area contributed by atoms with Gasteiger partial charge in [-0.2, -0.15) is 13.2 Å². The molecule has 6 nitrogen and oxygen atoms in total. The number of likely N-dealkylation sites (N-methyl/N-ethyl adjacent to an activating group) is 1. The lowest BCUT2D eigenvalue weighted by atomic mass is 9.92. The summed E-state index contributed by atoms with van der Waals surface area (Å²) < 4.78 is 40.0. The number of terminal acetylenes is 1. The fourth-order valence-corrected chi connectivity index (χ4v) is 4.35. The second-order valence-corrected chi connectivity index (χ2v) is 8.63. The molecule has 0 unspecified atom stereocenters. The summed E-state index contributed by atoms with van der Waals surface area (Å²) in [6.07, 6.45) is 0.882. The normalized spacial score (nSPS) is 19.4. The average Bonchev–Trinajstić information content (AvgIpc) is 2.83. The van der Waals surface area contributed by atoms with Crippen molar-refractivity contribution in [3.05, 3.63) is 76.5 Å². The van der Waals surface area contributed by atoms with Crippen LogP contribution in [0.25, 0.3) is 0 Å². The second kappa shape index (κ2) is 9.47. The largest absolute Gasteiger partial charge is 0.416 e. The van der Waals surface area contributed by atoms with Gasteiger partial charge in [-0.25, -0.2) is 4.79 Å². The first kappa shape index (κ1) is 24.4. The van der Waals surface area contributed by atoms with E-state index in [9.17, 15) is 22.8 Å². The van der Waals surface area contributed by atoms with Gasteiger partial charge in [-0.1, -0.05) is 24.1 Å². The van der Waals surface area contributed by atoms with E-state index in [4.69, 9.17) is 6.42 Å². The van der Waals surface area contributed by atoms with Gasteiger partial charge in [0.2, 0.25) is 0 Å². The Morgan fingerprint density at radius 3 is 2.34 bits per heavy atom. The van der Waals surface area contributed by atoms with Crippen molar-refractivity contribution in [2.75, 3.05) is 38.1 Å². The Hall–Kier alpha value is -3.77. The van der Waals surface area contributed by atoms with Crippen LogP contribution in [0.1, 0.15) is 29.7 Å². The maximum Gasteiger partial charge on any atom is 0.416 e. The predicted octanol–water partition coefficient (Wildman–Crippen LogP) is 4.01. The number of halogens is 3. The van der Waals surface area contributed by atoms with Gasteiger partial charge in [0.05, 0.1) is 22.9 Å². The zero-order valence-electron chi connectivity index (χ0n) is 19.4. The molecule has 0 aromatic heterocycles. The van der Waals surface area contributed by atoms with E-state index < -0.39 is 23.8 Å². The Morgan fingerprint density at radius 2 is 1.74 bits per heavy atom. The number of hydrogen-bond acceptors (Lipinski definition) is 3. The number of alkyl halides is 3. The van der Waals surface area contributed by atoms with E-state index in [0.29, 0.717) is 42.9 Å². The predicted molar refractivity (Wildman–Crippen MR) is 126 cm³/mol. The fourth-order valence-electron chi connectivity index (χ4n) is 4.35. The third-order valence-electron chi connectivity index (χ3n) is 6.35. The zero-order chi connectivity index (χ0) is 25.3. The molecule has 182 valence electrons. The SMILES string of the molecule is C#Cc1ccc([C@H]2NC(=O)N(c3cccc(C(F)(F)F)c3)C(C)=C2C(=O)N2CCN(C)CC2)cc1. The monoisotopic (exact) mass is 482 g/mol. The molecule has 0 saturated carbocycles. The minimum absolute atomic E-state index is 0.0274. The van der Waals surface area contributed by atoms with Gasteiger partial charge in [-0.15, -0.1) is 6.42 Å². The summed E-state index contributed by atoms with van der Waals surface area (Å²) in [6, 6.07) is 10.0. The van der Waals surface area contributed by atoms with Crippen molar-refractivity contribution in [2.24, 2.45) is 0 Å². The summed E-state index contributed by atoms with van der Waals surface area (Å²) >= 11 is 0. The van der Waals surface area contributed by atoms with Crippen molar-refractivity contribution >= 4 is 17.6 Å². The molecule has 0 spiro atoms. The Bertz CT molecular complexity index is 1210. The Morgan fingerprint density at radius 1 is 1.09 bits per heavy atom. The maximum atomic E-state index is 13.7. The molecule has 2 aromatic rings. The van der Waals surface area contributed by atoms with E-state index in [-0.39, 0.29) is 17.3 Å². The first-order valence-corrected chi connectivity index (χ1v) is 11.1. The highest BCUT2D eigenvalue weighted by Crippen LogP contribution is 2.37. The van der Waals surface area contributed by atoms with Gasteiger partial charge in [-0.3, -0.25) is 9.69 Å². The van der Waals surface area contributed by atoms with Crippen LogP contribution in [0.4, 0.5) is 23.7 Å². The molecule has 0 aliphatic carbocycles. The van der Waals surface area contributed by atoms with Crippen LogP contribution in [0.15, 0.2) is 59.8 Å². The number of hydrogen-bond donors (Lipinski definition) is 1. The molecule has 1 N–H and O–H groups in total. The highest BCUT2D eigenvalue weighted by Gasteiger charge is 2.39. The van der Waals surface area contributed by atoms with E-state index >= 15 is 0 Å². The number of carbonyl (C=O) groups excluding carboxylic acids is 2. The first-order chi connectivity index (χ1) is 16.6. The molecule has 0 bridgehead atoms. The number of benzene rings is 2. The number of nitrogens with zero attached hydrogens (tertiary/aromatic N) is 3. The van der Waals surface area contributed by atoms with Gasteiger partial charge in [0, 0.05) is 37.4 Å². The topological polar surface area (TPSA) is 55.9 Å². The smallest absolute Gasteiger partial charge is 0.336 e. The molecule has 2 aliphatic heterocycles. The van der Waals surface area contributed by atoms with Crippen LogP contribution in [0, 0.1) is 12.3 Å². The Labute approximate surface area is 202 Å². The van der Waals surface area contributed by atoms with Crippen LogP contribution in [0.2, 0.25) is 0 Å². The number of amides is 3. The average molecular weight is 483 g/mol. The lowest BCUT2D eigenvalue weighted by Crippen LogP contribution is -2.53. The number of piperazine rings is 1. The molecular formula is C26H25F3N4O2. The molecule has 9 heteroatoms. The van der Waals surface area contributed by atoms with Crippen LogP contribution in [0.3, 0.4) is 0 Å². The van der Waals surface area contributed by atoms with Crippen LogP contribution < -0.4 is 10.2 Å². The van der Waals surface area contributed by atoms with Crippen molar-refractivity contribution in [3.8, 4) is 12.3 Å². The van der Waals surface area contributed by atoms with E-state index in [1.165, 1.54) is 12.1 Å². The fraction of sp³-hybridized carbons (Fsp3) is 0.308. The number of urea groups is 1. The van der Waals surface area contributed by atoms with Crippen molar-refractivity contribution in [3.63, 3.8) is 0 Å². The third-order valence-corrected chi connectivity index (χ3v) is 6.35. The van der Waals surface area contributed by atoms with Gasteiger partial charge in [-0.05, 0) is 49.9 Å². The Kier molecular flexibility index (Phi) is 6.59. The van der Waals surface area contributed by atoms with Crippen LogP contribution in [0.5, 0.6) is 0 Å². The van der Waals surface area contributed by atoms with E-state index in [2.05, 4.69) is 16.1 Å². The molecule has 1 saturated heterocycles. The molecular weight excluding hydrogens is 457 g/mol. The molecule has 3 amide bonds. The number of carbonyl (C=O) groups is 2. The summed E-state index contributed by atoms with van der Waals surface area (Å²) in [5, 5.41) is 2.82. The van der Waals surface area contributed by atoms with E-state index in [1.807, 2.05) is 7.05 Å². The van der Waals surface area contributed by atoms with Gasteiger partial charge in [0.15, 0.2) is 0 Å². The zero-order valence-corrected chi connectivity index (χ0v) is 19.4. The lowest BCUT2D eigenvalue weighted by molar-refractivity contribution is -0.137. The van der Waals surface area contributed by atoms with Crippen LogP contribution in [-0.2, 0) is 11.0 Å². The second-order valence-electron chi connectivity index (χ2n) is 8.63. The summed E-state index contributed by atoms with van der Waals surface area (Å²) in [4.78, 5) is 31.9. The molecule has 2 aliphatic rings. The van der Waals surface area contributed by atoms with E-state index in [1.54, 1.807) is 36.1 Å². The first-order valence-electron chi connectivity index (χ1n) is 11.1. The molecule has 4 rings (SSSR count). The molecule has 1 fully saturated rings. The summed E-state index contributed by atoms with van der Waals surface area (Å²) in [5.41, 5.74) is 1.03. The quantitative estimate of drug-likeness (QED) is 0.673. The maximum absolute atomic E-state index is 13.7. The molecule has 35 heavy (non-hydrogen) atoms. The van der Waals surface area contributed by atoms with Gasteiger partial charge < -0.3 is 15.1 Å². The number of anilines is 1. The minimum atomic E-state index is -4.57. The van der Waals surface area contributed by atoms with Crippen LogP contribution >= 0.6 is 0 Å². The highest BCUT2D eigenvalue weighted by atomic mass is 19.4. The lowest BCUT2D eigenvalue weighted by Gasteiger charge is -2.39.